The highest BCUT2D eigenvalue weighted by Crippen LogP contribution is 2.28. The van der Waals surface area contributed by atoms with Gasteiger partial charge in [0.25, 0.3) is 0 Å². The molecule has 0 saturated heterocycles. The highest BCUT2D eigenvalue weighted by Gasteiger charge is 2.30. The molecule has 0 fully saturated rings. The fraction of sp³-hybridized carbons (Fsp3) is 0.0952. The second kappa shape index (κ2) is 7.10. The number of ketones is 2. The van der Waals surface area contributed by atoms with E-state index in [1.54, 1.807) is 36.5 Å². The number of fused-ring (bicyclic) bond motifs is 2. The lowest BCUT2D eigenvalue weighted by molar-refractivity contribution is 0.0979. The highest BCUT2D eigenvalue weighted by molar-refractivity contribution is 7.89. The number of nitrogens with one attached hydrogen (secondary N) is 1. The summed E-state index contributed by atoms with van der Waals surface area (Å²) in [6.07, 6.45) is 2.09. The molecule has 0 atom stereocenters. The number of hydrogen-bond acceptors (Lipinski definition) is 5. The second-order valence-electron chi connectivity index (χ2n) is 6.38. The van der Waals surface area contributed by atoms with Gasteiger partial charge in [-0.15, -0.1) is 0 Å². The quantitative estimate of drug-likeness (QED) is 0.563. The van der Waals surface area contributed by atoms with Crippen molar-refractivity contribution in [3.63, 3.8) is 0 Å². The predicted molar refractivity (Wildman–Crippen MR) is 103 cm³/mol. The van der Waals surface area contributed by atoms with Crippen molar-refractivity contribution in [2.75, 3.05) is 6.54 Å². The average Bonchev–Trinajstić information content (AvgIpc) is 2.72. The Morgan fingerprint density at radius 1 is 0.786 bits per heavy atom. The molecule has 0 bridgehead atoms. The third kappa shape index (κ3) is 3.26. The summed E-state index contributed by atoms with van der Waals surface area (Å²) >= 11 is 0. The standard InChI is InChI=1S/C21H16N2O4S/c24-20-16-6-1-2-7-17(16)21(25)19-13-15(8-9-18(19)20)28(26,27)23-12-10-14-5-3-4-11-22-14/h1-9,11,13,23H,10,12H2. The van der Waals surface area contributed by atoms with Crippen LogP contribution in [0.1, 0.15) is 37.5 Å². The predicted octanol–water partition coefficient (Wildman–Crippen LogP) is 2.38. The van der Waals surface area contributed by atoms with Gasteiger partial charge in [0.2, 0.25) is 10.0 Å². The molecule has 0 amide bonds. The molecule has 28 heavy (non-hydrogen) atoms. The Kier molecular flexibility index (Phi) is 4.62. The number of hydrogen-bond donors (Lipinski definition) is 1. The number of pyridine rings is 1. The van der Waals surface area contributed by atoms with E-state index in [0.717, 1.165) is 5.69 Å². The Balaban J connectivity index is 1.60. The Hall–Kier alpha value is -3.16. The number of carbonyl (C=O) groups excluding carboxylic acids is 2. The maximum absolute atomic E-state index is 12.8. The van der Waals surface area contributed by atoms with Gasteiger partial charge < -0.3 is 0 Å². The van der Waals surface area contributed by atoms with Gasteiger partial charge >= 0.3 is 0 Å². The molecule has 1 aliphatic rings. The van der Waals surface area contributed by atoms with Gasteiger partial charge in [0, 0.05) is 47.1 Å². The van der Waals surface area contributed by atoms with Crippen LogP contribution in [-0.2, 0) is 16.4 Å². The molecule has 1 N–H and O–H groups in total. The summed E-state index contributed by atoms with van der Waals surface area (Å²) in [5.74, 6) is -0.631. The van der Waals surface area contributed by atoms with E-state index in [9.17, 15) is 18.0 Å². The zero-order valence-electron chi connectivity index (χ0n) is 14.8. The fourth-order valence-electron chi connectivity index (χ4n) is 3.19. The number of rotatable bonds is 5. The molecule has 0 aliphatic heterocycles. The molecular weight excluding hydrogens is 376 g/mol. The van der Waals surface area contributed by atoms with Crippen molar-refractivity contribution in [2.45, 2.75) is 11.3 Å². The Bertz CT molecular complexity index is 1190. The zero-order valence-corrected chi connectivity index (χ0v) is 15.6. The van der Waals surface area contributed by atoms with Crippen LogP contribution in [0.3, 0.4) is 0 Å². The minimum atomic E-state index is -3.82. The third-order valence-corrected chi connectivity index (χ3v) is 6.06. The first-order chi connectivity index (χ1) is 13.5. The van der Waals surface area contributed by atoms with Crippen molar-refractivity contribution in [3.05, 3.63) is 94.8 Å². The number of benzene rings is 2. The molecule has 7 heteroatoms. The van der Waals surface area contributed by atoms with Gasteiger partial charge in [-0.25, -0.2) is 13.1 Å². The smallest absolute Gasteiger partial charge is 0.240 e. The summed E-state index contributed by atoms with van der Waals surface area (Å²) in [5.41, 5.74) is 1.72. The molecule has 0 saturated carbocycles. The molecule has 1 aromatic heterocycles. The highest BCUT2D eigenvalue weighted by atomic mass is 32.2. The van der Waals surface area contributed by atoms with Crippen LogP contribution < -0.4 is 4.72 Å². The van der Waals surface area contributed by atoms with E-state index in [1.807, 2.05) is 12.1 Å². The van der Waals surface area contributed by atoms with Gasteiger partial charge in [-0.2, -0.15) is 0 Å². The molecule has 4 rings (SSSR count). The normalized spacial score (nSPS) is 13.1. The molecule has 0 spiro atoms. The Morgan fingerprint density at radius 3 is 2.11 bits per heavy atom. The minimum Gasteiger partial charge on any atom is -0.289 e. The van der Waals surface area contributed by atoms with Crippen LogP contribution >= 0.6 is 0 Å². The summed E-state index contributed by atoms with van der Waals surface area (Å²) in [7, 11) is -3.82. The summed E-state index contributed by atoms with van der Waals surface area (Å²) < 4.78 is 27.7. The van der Waals surface area contributed by atoms with E-state index in [4.69, 9.17) is 0 Å². The maximum atomic E-state index is 12.8. The van der Waals surface area contributed by atoms with Crippen LogP contribution in [0.4, 0.5) is 0 Å². The Labute approximate surface area is 162 Å². The number of nitrogens with zero attached hydrogens (tertiary/aromatic N) is 1. The van der Waals surface area contributed by atoms with Gasteiger partial charge in [-0.1, -0.05) is 30.3 Å². The number of sulfonamides is 1. The van der Waals surface area contributed by atoms with Crippen LogP contribution in [0.15, 0.2) is 71.8 Å². The number of carbonyl (C=O) groups is 2. The molecule has 140 valence electrons. The largest absolute Gasteiger partial charge is 0.289 e. The lowest BCUT2D eigenvalue weighted by Crippen LogP contribution is -2.27. The summed E-state index contributed by atoms with van der Waals surface area (Å²) in [6.45, 7) is 0.173. The SMILES string of the molecule is O=C1c2ccccc2C(=O)c2cc(S(=O)(=O)NCCc3ccccn3)ccc21. The van der Waals surface area contributed by atoms with Gasteiger partial charge in [0.15, 0.2) is 11.6 Å². The first kappa shape index (κ1) is 18.2. The lowest BCUT2D eigenvalue weighted by Gasteiger charge is -2.18. The average molecular weight is 392 g/mol. The molecule has 6 nitrogen and oxygen atoms in total. The van der Waals surface area contributed by atoms with Crippen molar-refractivity contribution in [3.8, 4) is 0 Å². The summed E-state index contributed by atoms with van der Waals surface area (Å²) in [4.78, 5) is 29.5. The van der Waals surface area contributed by atoms with E-state index in [-0.39, 0.29) is 39.7 Å². The topological polar surface area (TPSA) is 93.2 Å². The fourth-order valence-corrected chi connectivity index (χ4v) is 4.25. The van der Waals surface area contributed by atoms with E-state index in [0.29, 0.717) is 12.0 Å². The molecular formula is C21H16N2O4S. The van der Waals surface area contributed by atoms with Crippen molar-refractivity contribution in [1.29, 1.82) is 0 Å². The lowest BCUT2D eigenvalue weighted by atomic mass is 9.84. The monoisotopic (exact) mass is 392 g/mol. The van der Waals surface area contributed by atoms with E-state index in [2.05, 4.69) is 9.71 Å². The van der Waals surface area contributed by atoms with Gasteiger partial charge in [0.1, 0.15) is 0 Å². The molecule has 0 radical (unpaired) electrons. The summed E-state index contributed by atoms with van der Waals surface area (Å²) in [6, 6.07) is 16.0. The van der Waals surface area contributed by atoms with E-state index < -0.39 is 10.0 Å². The summed E-state index contributed by atoms with van der Waals surface area (Å²) in [5, 5.41) is 0. The van der Waals surface area contributed by atoms with Crippen LogP contribution in [0.5, 0.6) is 0 Å². The first-order valence-corrected chi connectivity index (χ1v) is 10.2. The van der Waals surface area contributed by atoms with Crippen LogP contribution in [0.2, 0.25) is 0 Å². The zero-order chi connectivity index (χ0) is 19.7. The maximum Gasteiger partial charge on any atom is 0.240 e. The minimum absolute atomic E-state index is 0.0483. The van der Waals surface area contributed by atoms with Crippen molar-refractivity contribution in [1.82, 2.24) is 9.71 Å². The van der Waals surface area contributed by atoms with Crippen LogP contribution in [0.25, 0.3) is 0 Å². The van der Waals surface area contributed by atoms with Gasteiger partial charge in [-0.3, -0.25) is 14.6 Å². The third-order valence-electron chi connectivity index (χ3n) is 4.61. The molecule has 1 heterocycles. The molecule has 0 unspecified atom stereocenters. The molecule has 1 aliphatic carbocycles. The first-order valence-electron chi connectivity index (χ1n) is 8.69. The molecule has 2 aromatic carbocycles. The van der Waals surface area contributed by atoms with E-state index >= 15 is 0 Å². The van der Waals surface area contributed by atoms with Crippen molar-refractivity contribution < 1.29 is 18.0 Å². The van der Waals surface area contributed by atoms with Gasteiger partial charge in [0.05, 0.1) is 4.90 Å². The Morgan fingerprint density at radius 2 is 1.43 bits per heavy atom. The second-order valence-corrected chi connectivity index (χ2v) is 8.15. The van der Waals surface area contributed by atoms with Gasteiger partial charge in [-0.05, 0) is 30.3 Å². The number of aromatic nitrogens is 1. The van der Waals surface area contributed by atoms with Crippen LogP contribution in [-0.4, -0.2) is 31.5 Å². The van der Waals surface area contributed by atoms with Crippen molar-refractivity contribution in [2.24, 2.45) is 0 Å². The molecule has 3 aromatic rings. The van der Waals surface area contributed by atoms with E-state index in [1.165, 1.54) is 18.2 Å². The van der Waals surface area contributed by atoms with Crippen molar-refractivity contribution >= 4 is 21.6 Å². The van der Waals surface area contributed by atoms with Crippen LogP contribution in [0, 0.1) is 0 Å².